The third-order valence-electron chi connectivity index (χ3n) is 5.52. The van der Waals surface area contributed by atoms with Crippen LogP contribution in [0.15, 0.2) is 77.9 Å². The zero-order chi connectivity index (χ0) is 20.5. The summed E-state index contributed by atoms with van der Waals surface area (Å²) in [5.74, 6) is 0.442. The van der Waals surface area contributed by atoms with Crippen LogP contribution in [-0.2, 0) is 6.54 Å². The molecular weight excluding hydrogens is 376 g/mol. The van der Waals surface area contributed by atoms with Crippen molar-refractivity contribution in [3.8, 4) is 11.3 Å². The zero-order valence-corrected chi connectivity index (χ0v) is 16.3. The summed E-state index contributed by atoms with van der Waals surface area (Å²) in [6.07, 6.45) is 4.90. The minimum atomic E-state index is -0.313. The van der Waals surface area contributed by atoms with Gasteiger partial charge < -0.3 is 5.32 Å². The fraction of sp³-hybridized carbons (Fsp3) is 0.167. The predicted molar refractivity (Wildman–Crippen MR) is 115 cm³/mol. The van der Waals surface area contributed by atoms with Crippen LogP contribution >= 0.6 is 0 Å². The first-order valence-electron chi connectivity index (χ1n) is 10.0. The lowest BCUT2D eigenvalue weighted by molar-refractivity contribution is 0.0927. The van der Waals surface area contributed by atoms with E-state index in [1.165, 1.54) is 0 Å². The largest absolute Gasteiger partial charge is 0.342 e. The third-order valence-corrected chi connectivity index (χ3v) is 5.52. The van der Waals surface area contributed by atoms with Crippen molar-refractivity contribution in [3.05, 3.63) is 94.8 Å². The number of fused-ring (bicyclic) bond motifs is 2. The molecule has 0 aliphatic carbocycles. The summed E-state index contributed by atoms with van der Waals surface area (Å²) in [6.45, 7) is 0.611. The second-order valence-electron chi connectivity index (χ2n) is 7.46. The molecule has 1 amide bonds. The molecule has 1 aliphatic rings. The fourth-order valence-electron chi connectivity index (χ4n) is 3.98. The lowest BCUT2D eigenvalue weighted by atomic mass is 10.0. The molecule has 2 aromatic carbocycles. The molecule has 0 bridgehead atoms. The summed E-state index contributed by atoms with van der Waals surface area (Å²) >= 11 is 0. The van der Waals surface area contributed by atoms with Gasteiger partial charge in [-0.15, -0.1) is 0 Å². The van der Waals surface area contributed by atoms with Crippen molar-refractivity contribution in [2.45, 2.75) is 25.4 Å². The van der Waals surface area contributed by atoms with Gasteiger partial charge in [-0.3, -0.25) is 19.1 Å². The van der Waals surface area contributed by atoms with Crippen molar-refractivity contribution in [3.63, 3.8) is 0 Å². The molecule has 1 N–H and O–H groups in total. The Morgan fingerprint density at radius 1 is 1.00 bits per heavy atom. The van der Waals surface area contributed by atoms with Gasteiger partial charge in [-0.25, -0.2) is 4.98 Å². The van der Waals surface area contributed by atoms with Gasteiger partial charge in [-0.2, -0.15) is 0 Å². The molecule has 6 nitrogen and oxygen atoms in total. The Balaban J connectivity index is 1.48. The van der Waals surface area contributed by atoms with Crippen molar-refractivity contribution in [1.29, 1.82) is 0 Å². The number of hydrogen-bond acceptors (Lipinski definition) is 4. The van der Waals surface area contributed by atoms with Crippen LogP contribution in [0.4, 0.5) is 0 Å². The van der Waals surface area contributed by atoms with E-state index in [2.05, 4.69) is 10.3 Å². The minimum Gasteiger partial charge on any atom is -0.342 e. The first kappa shape index (κ1) is 18.2. The Labute approximate surface area is 173 Å². The summed E-state index contributed by atoms with van der Waals surface area (Å²) in [5.41, 5.74) is 1.92. The number of amides is 1. The molecule has 0 fully saturated rings. The van der Waals surface area contributed by atoms with Crippen LogP contribution < -0.4 is 10.9 Å². The molecule has 2 aromatic heterocycles. The van der Waals surface area contributed by atoms with Crippen LogP contribution in [0, 0.1) is 0 Å². The summed E-state index contributed by atoms with van der Waals surface area (Å²) in [5, 5.41) is 5.20. The monoisotopic (exact) mass is 396 g/mol. The molecule has 0 spiro atoms. The Bertz CT molecular complexity index is 1300. The van der Waals surface area contributed by atoms with Crippen LogP contribution in [0.1, 0.15) is 35.1 Å². The van der Waals surface area contributed by atoms with Gasteiger partial charge in [0.15, 0.2) is 0 Å². The van der Waals surface area contributed by atoms with Crippen LogP contribution in [-0.4, -0.2) is 20.4 Å². The number of nitrogens with zero attached hydrogens (tertiary/aromatic N) is 3. The van der Waals surface area contributed by atoms with Gasteiger partial charge in [-0.05, 0) is 47.9 Å². The molecule has 5 rings (SSSR count). The summed E-state index contributed by atoms with van der Waals surface area (Å²) in [6, 6.07) is 18.5. The van der Waals surface area contributed by atoms with E-state index in [1.54, 1.807) is 23.0 Å². The molecule has 0 saturated heterocycles. The maximum absolute atomic E-state index is 13.0. The van der Waals surface area contributed by atoms with Crippen molar-refractivity contribution in [2.75, 3.05) is 0 Å². The normalized spacial score (nSPS) is 15.5. The SMILES string of the molecule is O=C(NC1CCCn2c1nc(-c1ccncc1)cc2=O)c1ccc2ccccc2c1. The Morgan fingerprint density at radius 3 is 2.63 bits per heavy atom. The van der Waals surface area contributed by atoms with E-state index >= 15 is 0 Å². The van der Waals surface area contributed by atoms with Crippen molar-refractivity contribution >= 4 is 16.7 Å². The van der Waals surface area contributed by atoms with E-state index in [1.807, 2.05) is 54.6 Å². The highest BCUT2D eigenvalue weighted by molar-refractivity contribution is 5.98. The van der Waals surface area contributed by atoms with Gasteiger partial charge in [0.1, 0.15) is 5.82 Å². The summed E-state index contributed by atoms with van der Waals surface area (Å²) < 4.78 is 1.67. The molecule has 148 valence electrons. The van der Waals surface area contributed by atoms with Crippen LogP contribution in [0.5, 0.6) is 0 Å². The Morgan fingerprint density at radius 2 is 1.80 bits per heavy atom. The van der Waals surface area contributed by atoms with E-state index < -0.39 is 0 Å². The molecule has 1 unspecified atom stereocenters. The van der Waals surface area contributed by atoms with Gasteiger partial charge in [-0.1, -0.05) is 30.3 Å². The number of pyridine rings is 1. The van der Waals surface area contributed by atoms with Crippen molar-refractivity contribution < 1.29 is 4.79 Å². The number of carbonyl (C=O) groups excluding carboxylic acids is 1. The zero-order valence-electron chi connectivity index (χ0n) is 16.3. The predicted octanol–water partition coefficient (Wildman–Crippen LogP) is 3.72. The standard InChI is InChI=1S/C24H20N4O2/c29-22-15-21(17-9-11-25-12-10-17)26-23-20(6-3-13-28(22)23)27-24(30)19-8-7-16-4-1-2-5-18(16)14-19/h1-2,4-5,7-12,14-15,20H,3,6,13H2,(H,27,30). The quantitative estimate of drug-likeness (QED) is 0.573. The molecular formula is C24H20N4O2. The number of nitrogens with one attached hydrogen (secondary N) is 1. The van der Waals surface area contributed by atoms with Crippen molar-refractivity contribution in [2.24, 2.45) is 0 Å². The highest BCUT2D eigenvalue weighted by Crippen LogP contribution is 2.25. The highest BCUT2D eigenvalue weighted by Gasteiger charge is 2.25. The van der Waals surface area contributed by atoms with Gasteiger partial charge in [0.25, 0.3) is 11.5 Å². The maximum atomic E-state index is 13.0. The van der Waals surface area contributed by atoms with Gasteiger partial charge in [0.05, 0.1) is 11.7 Å². The topological polar surface area (TPSA) is 76.9 Å². The molecule has 1 aliphatic heterocycles. The second-order valence-corrected chi connectivity index (χ2v) is 7.46. The van der Waals surface area contributed by atoms with E-state index in [9.17, 15) is 9.59 Å². The smallest absolute Gasteiger partial charge is 0.254 e. The van der Waals surface area contributed by atoms with E-state index in [0.717, 1.165) is 29.2 Å². The molecule has 30 heavy (non-hydrogen) atoms. The molecule has 1 atom stereocenters. The van der Waals surface area contributed by atoms with Crippen LogP contribution in [0.25, 0.3) is 22.0 Å². The number of rotatable bonds is 3. The number of carbonyl (C=O) groups is 1. The summed E-state index contributed by atoms with van der Waals surface area (Å²) in [4.78, 5) is 34.4. The van der Waals surface area contributed by atoms with Gasteiger partial charge in [0, 0.05) is 36.1 Å². The van der Waals surface area contributed by atoms with Crippen molar-refractivity contribution in [1.82, 2.24) is 19.9 Å². The van der Waals surface area contributed by atoms with Gasteiger partial charge in [0.2, 0.25) is 0 Å². The first-order chi connectivity index (χ1) is 14.7. The number of benzene rings is 2. The lowest BCUT2D eigenvalue weighted by Crippen LogP contribution is -2.38. The molecule has 0 radical (unpaired) electrons. The number of aromatic nitrogens is 3. The van der Waals surface area contributed by atoms with Crippen LogP contribution in [0.3, 0.4) is 0 Å². The first-order valence-corrected chi connectivity index (χ1v) is 10.0. The Kier molecular flexibility index (Phi) is 4.59. The van der Waals surface area contributed by atoms with Crippen LogP contribution in [0.2, 0.25) is 0 Å². The lowest BCUT2D eigenvalue weighted by Gasteiger charge is -2.27. The van der Waals surface area contributed by atoms with E-state index in [-0.39, 0.29) is 17.5 Å². The average molecular weight is 396 g/mol. The minimum absolute atomic E-state index is 0.100. The molecule has 6 heteroatoms. The molecule has 4 aromatic rings. The fourth-order valence-corrected chi connectivity index (χ4v) is 3.98. The average Bonchev–Trinajstić information content (AvgIpc) is 2.79. The molecule has 0 saturated carbocycles. The summed E-state index contributed by atoms with van der Waals surface area (Å²) in [7, 11) is 0. The second kappa shape index (κ2) is 7.55. The Hall–Kier alpha value is -3.80. The van der Waals surface area contributed by atoms with Gasteiger partial charge >= 0.3 is 0 Å². The molecule has 3 heterocycles. The number of hydrogen-bond donors (Lipinski definition) is 1. The van der Waals surface area contributed by atoms with E-state index in [4.69, 9.17) is 4.98 Å². The maximum Gasteiger partial charge on any atom is 0.254 e. The highest BCUT2D eigenvalue weighted by atomic mass is 16.2. The third kappa shape index (κ3) is 3.37. The van der Waals surface area contributed by atoms with E-state index in [0.29, 0.717) is 23.6 Å².